The summed E-state index contributed by atoms with van der Waals surface area (Å²) in [7, 11) is 0. The van der Waals surface area contributed by atoms with Crippen molar-refractivity contribution in [1.29, 1.82) is 0 Å². The molecule has 0 bridgehead atoms. The fourth-order valence-corrected chi connectivity index (χ4v) is 2.73. The van der Waals surface area contributed by atoms with E-state index < -0.39 is 28.2 Å². The summed E-state index contributed by atoms with van der Waals surface area (Å²) in [4.78, 5) is 35.2. The Morgan fingerprint density at radius 1 is 1.21 bits per heavy atom. The predicted molar refractivity (Wildman–Crippen MR) is 98.6 cm³/mol. The fraction of sp³-hybridized carbons (Fsp3) is 0.263. The van der Waals surface area contributed by atoms with Gasteiger partial charge in [0.15, 0.2) is 5.54 Å². The van der Waals surface area contributed by atoms with E-state index in [-0.39, 0.29) is 22.9 Å². The van der Waals surface area contributed by atoms with Gasteiger partial charge in [-0.1, -0.05) is 12.1 Å². The van der Waals surface area contributed by atoms with E-state index in [4.69, 9.17) is 0 Å². The van der Waals surface area contributed by atoms with Gasteiger partial charge >= 0.3 is 5.97 Å². The van der Waals surface area contributed by atoms with Gasteiger partial charge in [0.2, 0.25) is 0 Å². The summed E-state index contributed by atoms with van der Waals surface area (Å²) in [6, 6.07) is 8.81. The molecule has 2 aromatic carbocycles. The minimum Gasteiger partial charge on any atom is -0.479 e. The van der Waals surface area contributed by atoms with Crippen molar-refractivity contribution in [2.75, 3.05) is 5.32 Å². The van der Waals surface area contributed by atoms with Crippen molar-refractivity contribution in [2.45, 2.75) is 31.3 Å². The molecular formula is C19H18FN3O5. The molecule has 1 aliphatic rings. The third-order valence-corrected chi connectivity index (χ3v) is 4.61. The van der Waals surface area contributed by atoms with Gasteiger partial charge in [0.25, 0.3) is 11.6 Å². The summed E-state index contributed by atoms with van der Waals surface area (Å²) in [5.41, 5.74) is -1.69. The highest BCUT2D eigenvalue weighted by molar-refractivity contribution is 5.99. The summed E-state index contributed by atoms with van der Waals surface area (Å²) < 4.78 is 13.2. The van der Waals surface area contributed by atoms with Crippen LogP contribution in [0.5, 0.6) is 0 Å². The lowest BCUT2D eigenvalue weighted by Gasteiger charge is -2.27. The first-order valence-corrected chi connectivity index (χ1v) is 8.57. The van der Waals surface area contributed by atoms with E-state index in [0.717, 1.165) is 31.0 Å². The van der Waals surface area contributed by atoms with Gasteiger partial charge < -0.3 is 15.7 Å². The third-order valence-electron chi connectivity index (χ3n) is 4.61. The Bertz CT molecular complexity index is 943. The zero-order chi connectivity index (χ0) is 20.5. The maximum Gasteiger partial charge on any atom is 0.333 e. The number of nitro benzene ring substituents is 1. The van der Waals surface area contributed by atoms with Crippen LogP contribution >= 0.6 is 0 Å². The Balaban J connectivity index is 1.89. The van der Waals surface area contributed by atoms with Crippen LogP contribution < -0.4 is 10.6 Å². The standard InChI is InChI=1S/C19H18FN3O5/c1-19(18(25)26,12-3-5-13(20)6-4-12)22-17(24)11-2-9-15(21-14-7-8-14)16(10-11)23(27)28/h2-6,9-10,14,21H,7-8H2,1H3,(H,22,24)(H,25,26). The van der Waals surface area contributed by atoms with Crippen LogP contribution in [0.4, 0.5) is 15.8 Å². The predicted octanol–water partition coefficient (Wildman–Crippen LogP) is 3.04. The van der Waals surface area contributed by atoms with Gasteiger partial charge in [0.1, 0.15) is 11.5 Å². The number of nitro groups is 1. The highest BCUT2D eigenvalue weighted by Crippen LogP contribution is 2.32. The minimum absolute atomic E-state index is 0.0531. The second-order valence-corrected chi connectivity index (χ2v) is 6.80. The van der Waals surface area contributed by atoms with Crippen molar-refractivity contribution in [3.8, 4) is 0 Å². The first kappa shape index (κ1) is 19.3. The number of rotatable bonds is 7. The highest BCUT2D eigenvalue weighted by Gasteiger charge is 2.37. The van der Waals surface area contributed by atoms with Crippen LogP contribution in [0.1, 0.15) is 35.7 Å². The largest absolute Gasteiger partial charge is 0.479 e. The summed E-state index contributed by atoms with van der Waals surface area (Å²) in [6.45, 7) is 1.26. The average Bonchev–Trinajstić information content (AvgIpc) is 3.46. The number of halogens is 1. The van der Waals surface area contributed by atoms with Gasteiger partial charge in [-0.15, -0.1) is 0 Å². The van der Waals surface area contributed by atoms with E-state index in [1.54, 1.807) is 0 Å². The molecule has 2 aromatic rings. The number of carbonyl (C=O) groups excluding carboxylic acids is 1. The van der Waals surface area contributed by atoms with E-state index in [0.29, 0.717) is 5.69 Å². The Labute approximate surface area is 159 Å². The molecule has 0 aliphatic heterocycles. The summed E-state index contributed by atoms with van der Waals surface area (Å²) >= 11 is 0. The van der Waals surface area contributed by atoms with Crippen LogP contribution in [0.25, 0.3) is 0 Å². The summed E-state index contributed by atoms with van der Waals surface area (Å²) in [6.07, 6.45) is 1.85. The number of nitrogens with one attached hydrogen (secondary N) is 2. The van der Waals surface area contributed by atoms with Crippen molar-refractivity contribution in [3.63, 3.8) is 0 Å². The number of carboxylic acid groups (broad SMARTS) is 1. The van der Waals surface area contributed by atoms with Crippen LogP contribution in [-0.4, -0.2) is 27.9 Å². The molecular weight excluding hydrogens is 369 g/mol. The average molecular weight is 387 g/mol. The molecule has 1 saturated carbocycles. The number of hydrogen-bond donors (Lipinski definition) is 3. The normalized spacial score (nSPS) is 15.4. The molecule has 0 aromatic heterocycles. The topological polar surface area (TPSA) is 122 Å². The lowest BCUT2D eigenvalue weighted by atomic mass is 9.91. The van der Waals surface area contributed by atoms with Crippen LogP contribution in [0.15, 0.2) is 42.5 Å². The number of nitrogens with zero attached hydrogens (tertiary/aromatic N) is 1. The molecule has 9 heteroatoms. The second kappa shape index (κ2) is 7.26. The smallest absolute Gasteiger partial charge is 0.333 e. The maximum absolute atomic E-state index is 13.2. The van der Waals surface area contributed by atoms with Gasteiger partial charge in [-0.25, -0.2) is 9.18 Å². The van der Waals surface area contributed by atoms with Crippen molar-refractivity contribution in [1.82, 2.24) is 5.32 Å². The van der Waals surface area contributed by atoms with Gasteiger partial charge in [0.05, 0.1) is 4.92 Å². The Morgan fingerprint density at radius 3 is 2.39 bits per heavy atom. The molecule has 3 rings (SSSR count). The Kier molecular flexibility index (Phi) is 5.00. The van der Waals surface area contributed by atoms with E-state index in [1.165, 1.54) is 31.2 Å². The van der Waals surface area contributed by atoms with Crippen molar-refractivity contribution >= 4 is 23.3 Å². The van der Waals surface area contributed by atoms with Gasteiger partial charge in [-0.3, -0.25) is 14.9 Å². The second-order valence-electron chi connectivity index (χ2n) is 6.80. The minimum atomic E-state index is -1.84. The first-order valence-electron chi connectivity index (χ1n) is 8.57. The molecule has 146 valence electrons. The summed E-state index contributed by atoms with van der Waals surface area (Å²) in [5, 5.41) is 26.4. The van der Waals surface area contributed by atoms with Crippen LogP contribution in [0, 0.1) is 15.9 Å². The van der Waals surface area contributed by atoms with E-state index >= 15 is 0 Å². The third kappa shape index (κ3) is 3.93. The molecule has 1 amide bonds. The van der Waals surface area contributed by atoms with Crippen molar-refractivity contribution in [2.24, 2.45) is 0 Å². The van der Waals surface area contributed by atoms with E-state index in [1.807, 2.05) is 0 Å². The lowest BCUT2D eigenvalue weighted by Crippen LogP contribution is -2.49. The molecule has 0 heterocycles. The van der Waals surface area contributed by atoms with Gasteiger partial charge in [-0.05, 0) is 49.6 Å². The number of hydrogen-bond acceptors (Lipinski definition) is 5. The van der Waals surface area contributed by atoms with Crippen LogP contribution in [-0.2, 0) is 10.3 Å². The van der Waals surface area contributed by atoms with Gasteiger partial charge in [0, 0.05) is 17.7 Å². The van der Waals surface area contributed by atoms with Crippen LogP contribution in [0.3, 0.4) is 0 Å². The van der Waals surface area contributed by atoms with Crippen molar-refractivity contribution < 1.29 is 24.0 Å². The zero-order valence-corrected chi connectivity index (χ0v) is 14.9. The number of carbonyl (C=O) groups is 2. The maximum atomic E-state index is 13.2. The molecule has 3 N–H and O–H groups in total. The summed E-state index contributed by atoms with van der Waals surface area (Å²) in [5.74, 6) is -2.69. The Hall–Kier alpha value is -3.49. The van der Waals surface area contributed by atoms with Gasteiger partial charge in [-0.2, -0.15) is 0 Å². The quantitative estimate of drug-likeness (QED) is 0.496. The SMILES string of the molecule is CC(NC(=O)c1ccc(NC2CC2)c([N+](=O)[O-])c1)(C(=O)O)c1ccc(F)cc1. The molecule has 8 nitrogen and oxygen atoms in total. The number of carboxylic acids is 1. The fourth-order valence-electron chi connectivity index (χ4n) is 2.73. The van der Waals surface area contributed by atoms with Crippen molar-refractivity contribution in [3.05, 3.63) is 69.5 Å². The zero-order valence-electron chi connectivity index (χ0n) is 14.9. The molecule has 1 fully saturated rings. The van der Waals surface area contributed by atoms with Crippen LogP contribution in [0.2, 0.25) is 0 Å². The molecule has 0 radical (unpaired) electrons. The molecule has 28 heavy (non-hydrogen) atoms. The molecule has 0 saturated heterocycles. The van der Waals surface area contributed by atoms with E-state index in [2.05, 4.69) is 10.6 Å². The monoisotopic (exact) mass is 387 g/mol. The number of benzene rings is 2. The Morgan fingerprint density at radius 2 is 1.86 bits per heavy atom. The number of amides is 1. The molecule has 1 atom stereocenters. The first-order chi connectivity index (χ1) is 13.2. The number of anilines is 1. The molecule has 1 aliphatic carbocycles. The lowest BCUT2D eigenvalue weighted by molar-refractivity contribution is -0.384. The molecule has 0 spiro atoms. The highest BCUT2D eigenvalue weighted by atomic mass is 19.1. The molecule has 1 unspecified atom stereocenters. The number of aliphatic carboxylic acids is 1. The van der Waals surface area contributed by atoms with E-state index in [9.17, 15) is 29.2 Å².